The molecule has 0 aromatic heterocycles. The van der Waals surface area contributed by atoms with Crippen molar-refractivity contribution in [3.05, 3.63) is 48.6 Å². The number of phosphoric ester groups is 2. The van der Waals surface area contributed by atoms with E-state index in [1.54, 1.807) is 0 Å². The van der Waals surface area contributed by atoms with Crippen LogP contribution < -0.4 is 0 Å². The minimum Gasteiger partial charge on any atom is -0.462 e. The van der Waals surface area contributed by atoms with Gasteiger partial charge in [-0.3, -0.25) is 37.3 Å². The molecule has 5 unspecified atom stereocenters. The average Bonchev–Trinajstić information content (AvgIpc) is 1.15. The molecule has 0 amide bonds. The minimum atomic E-state index is -4.97. The Bertz CT molecular complexity index is 2010. The third-order valence-corrected chi connectivity index (χ3v) is 18.6. The summed E-state index contributed by atoms with van der Waals surface area (Å²) in [4.78, 5) is 72.8. The Morgan fingerprint density at radius 1 is 0.292 bits per heavy atom. The van der Waals surface area contributed by atoms with Crippen molar-refractivity contribution in [1.82, 2.24) is 0 Å². The van der Waals surface area contributed by atoms with Crippen molar-refractivity contribution in [1.29, 1.82) is 0 Å². The fraction of sp³-hybridized carbons (Fsp3) is 0.844. The van der Waals surface area contributed by atoms with Crippen LogP contribution >= 0.6 is 15.6 Å². The molecule has 3 N–H and O–H groups in total. The van der Waals surface area contributed by atoms with E-state index in [0.29, 0.717) is 25.7 Å². The Hall–Kier alpha value is -2.98. The topological polar surface area (TPSA) is 237 Å². The molecule has 0 fully saturated rings. The zero-order chi connectivity index (χ0) is 70.4. The van der Waals surface area contributed by atoms with Crippen LogP contribution in [-0.2, 0) is 65.4 Å². The van der Waals surface area contributed by atoms with E-state index in [1.807, 2.05) is 0 Å². The van der Waals surface area contributed by atoms with E-state index in [1.165, 1.54) is 135 Å². The summed E-state index contributed by atoms with van der Waals surface area (Å²) in [5, 5.41) is 10.6. The molecule has 96 heavy (non-hydrogen) atoms. The summed E-state index contributed by atoms with van der Waals surface area (Å²) in [6.45, 7) is 4.82. The second kappa shape index (κ2) is 70.5. The Morgan fingerprint density at radius 3 is 0.833 bits per heavy atom. The van der Waals surface area contributed by atoms with Crippen molar-refractivity contribution in [2.75, 3.05) is 39.6 Å². The maximum absolute atomic E-state index is 13.1. The fourth-order valence-electron chi connectivity index (χ4n) is 10.8. The Morgan fingerprint density at radius 2 is 0.531 bits per heavy atom. The van der Waals surface area contributed by atoms with Gasteiger partial charge in [0.1, 0.15) is 19.3 Å². The summed E-state index contributed by atoms with van der Waals surface area (Å²) in [6.07, 6.45) is 66.7. The van der Waals surface area contributed by atoms with Crippen LogP contribution in [0.1, 0.15) is 362 Å². The Balaban J connectivity index is 5.31. The molecule has 17 nitrogen and oxygen atoms in total. The molecule has 0 rings (SSSR count). The van der Waals surface area contributed by atoms with Gasteiger partial charge in [-0.25, -0.2) is 9.13 Å². The van der Waals surface area contributed by atoms with Crippen LogP contribution in [-0.4, -0.2) is 96.7 Å². The van der Waals surface area contributed by atoms with Crippen LogP contribution in [0.3, 0.4) is 0 Å². The predicted octanol–water partition coefficient (Wildman–Crippen LogP) is 22.1. The van der Waals surface area contributed by atoms with Crippen molar-refractivity contribution in [3.8, 4) is 0 Å². The number of carbonyl (C=O) groups is 4. The summed E-state index contributed by atoms with van der Waals surface area (Å²) in [7, 11) is -9.94. The SMILES string of the molecule is CCC/C=C\C/C=C\CCCCCCCC(=O)OC(COC(=O)CCCCCCC/C=C\CCCCCCCC)COP(=O)(O)OCC(O)COP(=O)(O)OCC(COC(=O)CCCCCCCCCCCCCCCCC)OC(=O)CCCCCCC/C=C\CCCCCC. The van der Waals surface area contributed by atoms with Gasteiger partial charge < -0.3 is 33.8 Å². The molecule has 0 saturated heterocycles. The lowest BCUT2D eigenvalue weighted by Crippen LogP contribution is -2.30. The Labute approximate surface area is 585 Å². The molecule has 0 spiro atoms. The summed E-state index contributed by atoms with van der Waals surface area (Å²) in [5.41, 5.74) is 0. The summed E-state index contributed by atoms with van der Waals surface area (Å²) in [6, 6.07) is 0. The number of unbranched alkanes of at least 4 members (excludes halogenated alkanes) is 40. The van der Waals surface area contributed by atoms with Gasteiger partial charge in [-0.2, -0.15) is 0 Å². The highest BCUT2D eigenvalue weighted by molar-refractivity contribution is 7.47. The average molecular weight is 1400 g/mol. The predicted molar refractivity (Wildman–Crippen MR) is 390 cm³/mol. The molecule has 0 bridgehead atoms. The highest BCUT2D eigenvalue weighted by Gasteiger charge is 2.30. The van der Waals surface area contributed by atoms with Crippen molar-refractivity contribution in [2.45, 2.75) is 380 Å². The smallest absolute Gasteiger partial charge is 0.462 e. The van der Waals surface area contributed by atoms with Crippen LogP contribution in [0.25, 0.3) is 0 Å². The highest BCUT2D eigenvalue weighted by Crippen LogP contribution is 2.45. The number of esters is 4. The van der Waals surface area contributed by atoms with Crippen molar-refractivity contribution in [3.63, 3.8) is 0 Å². The van der Waals surface area contributed by atoms with Crippen LogP contribution in [0, 0.1) is 0 Å². The van der Waals surface area contributed by atoms with Crippen LogP contribution in [0.2, 0.25) is 0 Å². The number of phosphoric acid groups is 2. The molecule has 0 aromatic rings. The van der Waals surface area contributed by atoms with E-state index in [0.717, 1.165) is 148 Å². The molecular formula is C77H142O17P2. The lowest BCUT2D eigenvalue weighted by molar-refractivity contribution is -0.161. The van der Waals surface area contributed by atoms with E-state index in [-0.39, 0.29) is 25.7 Å². The third kappa shape index (κ3) is 69.5. The molecule has 0 aliphatic carbocycles. The summed E-state index contributed by atoms with van der Waals surface area (Å²) >= 11 is 0. The number of allylic oxidation sites excluding steroid dienone is 8. The van der Waals surface area contributed by atoms with Gasteiger partial charge in [0.25, 0.3) is 0 Å². The van der Waals surface area contributed by atoms with E-state index < -0.39 is 97.5 Å². The lowest BCUT2D eigenvalue weighted by atomic mass is 10.0. The minimum absolute atomic E-state index is 0.0816. The van der Waals surface area contributed by atoms with E-state index >= 15 is 0 Å². The first-order chi connectivity index (χ1) is 46.7. The molecule has 19 heteroatoms. The first kappa shape index (κ1) is 93.0. The highest BCUT2D eigenvalue weighted by atomic mass is 31.2. The molecule has 0 saturated carbocycles. The number of rotatable bonds is 74. The number of hydrogen-bond donors (Lipinski definition) is 3. The van der Waals surface area contributed by atoms with Gasteiger partial charge >= 0.3 is 39.5 Å². The maximum Gasteiger partial charge on any atom is 0.472 e. The Kier molecular flexibility index (Phi) is 68.3. The van der Waals surface area contributed by atoms with Crippen molar-refractivity contribution >= 4 is 39.5 Å². The molecule has 562 valence electrons. The fourth-order valence-corrected chi connectivity index (χ4v) is 12.4. The second-order valence-electron chi connectivity index (χ2n) is 26.3. The van der Waals surface area contributed by atoms with Gasteiger partial charge in [0.2, 0.25) is 0 Å². The molecule has 0 heterocycles. The second-order valence-corrected chi connectivity index (χ2v) is 29.2. The van der Waals surface area contributed by atoms with Crippen LogP contribution in [0.5, 0.6) is 0 Å². The van der Waals surface area contributed by atoms with E-state index in [9.17, 15) is 43.2 Å². The number of ether oxygens (including phenoxy) is 4. The van der Waals surface area contributed by atoms with E-state index in [4.69, 9.17) is 37.0 Å². The summed E-state index contributed by atoms with van der Waals surface area (Å²) < 4.78 is 68.5. The molecule has 0 aliphatic rings. The standard InChI is InChI=1S/C77H142O17P2/c1-5-9-13-17-21-25-29-33-35-39-41-45-49-53-57-61-74(79)87-67-72(93-76(81)63-59-55-51-47-43-37-31-27-23-19-15-11-7-3)69-91-95(83,84)89-65-71(78)66-90-96(85,86)92-70-73(94-77(82)64-60-56-52-48-44-38-32-28-24-20-16-12-8-4)68-88-75(80)62-58-54-50-46-42-40-36-34-30-26-22-18-14-10-6-2/h15,19,27-28,31-33,35,71-73,78H,5-14,16-18,20-26,29-30,34,36-70H2,1-4H3,(H,83,84)(H,85,86)/b19-15-,31-27-,32-28-,35-33-. The quantitative estimate of drug-likeness (QED) is 0.0169. The summed E-state index contributed by atoms with van der Waals surface area (Å²) in [5.74, 6) is -2.17. The van der Waals surface area contributed by atoms with Gasteiger partial charge in [-0.15, -0.1) is 0 Å². The van der Waals surface area contributed by atoms with Gasteiger partial charge in [0.05, 0.1) is 26.4 Å². The molecular weight excluding hydrogens is 1260 g/mol. The van der Waals surface area contributed by atoms with Gasteiger partial charge in [0, 0.05) is 25.7 Å². The van der Waals surface area contributed by atoms with E-state index in [2.05, 4.69) is 76.3 Å². The van der Waals surface area contributed by atoms with Gasteiger partial charge in [-0.1, -0.05) is 282 Å². The number of aliphatic hydroxyl groups excluding tert-OH is 1. The first-order valence-electron chi connectivity index (χ1n) is 38.9. The number of carbonyl (C=O) groups excluding carboxylic acids is 4. The van der Waals surface area contributed by atoms with Gasteiger partial charge in [0.15, 0.2) is 12.2 Å². The van der Waals surface area contributed by atoms with Crippen LogP contribution in [0.15, 0.2) is 48.6 Å². The third-order valence-electron chi connectivity index (χ3n) is 16.7. The van der Waals surface area contributed by atoms with Crippen molar-refractivity contribution < 1.29 is 80.2 Å². The monoisotopic (exact) mass is 1400 g/mol. The first-order valence-corrected chi connectivity index (χ1v) is 41.9. The molecule has 5 atom stereocenters. The largest absolute Gasteiger partial charge is 0.472 e. The normalized spacial score (nSPS) is 14.2. The molecule has 0 radical (unpaired) electrons. The van der Waals surface area contributed by atoms with Crippen LogP contribution in [0.4, 0.5) is 0 Å². The maximum atomic E-state index is 13.1. The zero-order valence-corrected chi connectivity index (χ0v) is 63.1. The number of aliphatic hydroxyl groups is 1. The lowest BCUT2D eigenvalue weighted by Gasteiger charge is -2.21. The number of hydrogen-bond acceptors (Lipinski definition) is 15. The van der Waals surface area contributed by atoms with Crippen molar-refractivity contribution in [2.24, 2.45) is 0 Å². The van der Waals surface area contributed by atoms with Gasteiger partial charge in [-0.05, 0) is 103 Å². The molecule has 0 aliphatic heterocycles. The zero-order valence-electron chi connectivity index (χ0n) is 61.3. The molecule has 0 aromatic carbocycles.